The van der Waals surface area contributed by atoms with Gasteiger partial charge >= 0.3 is 0 Å². The molecule has 1 aliphatic rings. The zero-order valence-corrected chi connectivity index (χ0v) is 43.6. The highest BCUT2D eigenvalue weighted by Crippen LogP contribution is 2.60. The first kappa shape index (κ1) is 44.9. The minimum atomic E-state index is -0.834. The van der Waals surface area contributed by atoms with Crippen molar-refractivity contribution in [2.24, 2.45) is 0 Å². The highest BCUT2D eigenvalue weighted by molar-refractivity contribution is 6.18. The van der Waals surface area contributed by atoms with Gasteiger partial charge in [0, 0.05) is 48.7 Å². The molecule has 0 fully saturated rings. The zero-order chi connectivity index (χ0) is 53.5. The first-order chi connectivity index (χ1) is 40.2. The Balaban J connectivity index is 1.19. The Bertz CT molecular complexity index is 5090. The van der Waals surface area contributed by atoms with Gasteiger partial charge in [-0.15, -0.1) is 0 Å². The second kappa shape index (κ2) is 16.9. The number of fused-ring (bicyclic) bond motifs is 16. The molecule has 0 spiro atoms. The Hall–Kier alpha value is -11.2. The summed E-state index contributed by atoms with van der Waals surface area (Å²) in [6, 6.07) is 98.1. The molecule has 374 valence electrons. The molecule has 0 atom stereocenters. The van der Waals surface area contributed by atoms with E-state index in [1.807, 2.05) is 0 Å². The molecule has 6 heteroatoms. The first-order valence-corrected chi connectivity index (χ1v) is 27.5. The normalized spacial score (nSPS) is 12.8. The summed E-state index contributed by atoms with van der Waals surface area (Å²) in [4.78, 5) is 4.92. The van der Waals surface area contributed by atoms with Crippen molar-refractivity contribution in [3.05, 3.63) is 306 Å². The highest BCUT2D eigenvalue weighted by atomic mass is 15.1. The van der Waals surface area contributed by atoms with Gasteiger partial charge in [0.25, 0.3) is 0 Å². The van der Waals surface area contributed by atoms with Crippen molar-refractivity contribution in [3.63, 3.8) is 0 Å². The minimum Gasteiger partial charge on any atom is -0.317 e. The van der Waals surface area contributed by atoms with E-state index in [-0.39, 0.29) is 0 Å². The second-order valence-electron chi connectivity index (χ2n) is 21.2. The predicted octanol–water partition coefficient (Wildman–Crippen LogP) is 18.9. The van der Waals surface area contributed by atoms with E-state index in [1.54, 1.807) is 0 Å². The SMILES string of the molecule is [C-]#[N+]c1c(-n2c3ccccc3c3ccccc32)c(-n2c3ccccc3c3ccccc32)c(-n2c3ccccc3c3ccccc32)c(C#N)c1-n1c2ccccc2c2ccc3c(c21)C(c1ccccc1)(c1ccccc1)c1ccccc1-3. The number of nitrogens with zero attached hydrogens (tertiary/aromatic N) is 6. The van der Waals surface area contributed by atoms with Gasteiger partial charge in [-0.2, -0.15) is 5.26 Å². The fourth-order valence-corrected chi connectivity index (χ4v) is 14.5. The van der Waals surface area contributed by atoms with Gasteiger partial charge in [-0.3, -0.25) is 0 Å². The molecule has 12 aromatic carbocycles. The Morgan fingerprint density at radius 3 is 1.11 bits per heavy atom. The largest absolute Gasteiger partial charge is 0.317 e. The van der Waals surface area contributed by atoms with E-state index in [4.69, 9.17) is 4.85 Å². The molecule has 4 heterocycles. The molecular formula is C75H44N6. The van der Waals surface area contributed by atoms with E-state index in [0.29, 0.717) is 28.3 Å². The fourth-order valence-electron chi connectivity index (χ4n) is 14.5. The van der Waals surface area contributed by atoms with Crippen molar-refractivity contribution >= 4 is 92.9 Å². The Morgan fingerprint density at radius 2 is 0.679 bits per heavy atom. The molecule has 0 unspecified atom stereocenters. The minimum absolute atomic E-state index is 0.347. The number of rotatable bonds is 6. The number of aromatic nitrogens is 4. The lowest BCUT2D eigenvalue weighted by Crippen LogP contribution is -2.29. The third-order valence-corrected chi connectivity index (χ3v) is 17.5. The van der Waals surface area contributed by atoms with Gasteiger partial charge in [-0.05, 0) is 70.3 Å². The van der Waals surface area contributed by atoms with Gasteiger partial charge in [-0.25, -0.2) is 4.85 Å². The van der Waals surface area contributed by atoms with Gasteiger partial charge in [0.15, 0.2) is 0 Å². The number of hydrogen-bond donors (Lipinski definition) is 0. The predicted molar refractivity (Wildman–Crippen MR) is 332 cm³/mol. The van der Waals surface area contributed by atoms with Gasteiger partial charge in [0.05, 0.1) is 84.4 Å². The van der Waals surface area contributed by atoms with Gasteiger partial charge in [-0.1, -0.05) is 224 Å². The molecule has 0 aliphatic heterocycles. The molecule has 0 bridgehead atoms. The number of nitriles is 1. The van der Waals surface area contributed by atoms with Crippen molar-refractivity contribution in [1.82, 2.24) is 18.3 Å². The summed E-state index contributed by atoms with van der Waals surface area (Å²) < 4.78 is 9.32. The summed E-state index contributed by atoms with van der Waals surface area (Å²) in [5, 5.41) is 21.3. The van der Waals surface area contributed by atoms with Crippen molar-refractivity contribution in [2.75, 3.05) is 0 Å². The van der Waals surface area contributed by atoms with E-state index in [2.05, 4.69) is 291 Å². The van der Waals surface area contributed by atoms with Gasteiger partial charge in [0.2, 0.25) is 5.69 Å². The Labute approximate surface area is 465 Å². The molecule has 81 heavy (non-hydrogen) atoms. The van der Waals surface area contributed by atoms with E-state index in [9.17, 15) is 11.8 Å². The molecule has 0 saturated carbocycles. The van der Waals surface area contributed by atoms with Crippen LogP contribution in [0.25, 0.3) is 126 Å². The van der Waals surface area contributed by atoms with Crippen molar-refractivity contribution in [3.8, 4) is 39.9 Å². The number of para-hydroxylation sites is 7. The molecule has 1 aliphatic carbocycles. The van der Waals surface area contributed by atoms with Crippen LogP contribution >= 0.6 is 0 Å². The van der Waals surface area contributed by atoms with Crippen LogP contribution in [0.2, 0.25) is 0 Å². The van der Waals surface area contributed by atoms with Crippen molar-refractivity contribution < 1.29 is 0 Å². The third-order valence-electron chi connectivity index (χ3n) is 17.5. The Morgan fingerprint density at radius 1 is 0.321 bits per heavy atom. The molecule has 0 radical (unpaired) electrons. The van der Waals surface area contributed by atoms with Crippen LogP contribution in [0.3, 0.4) is 0 Å². The lowest BCUT2D eigenvalue weighted by atomic mass is 9.67. The van der Waals surface area contributed by atoms with Gasteiger partial charge in [0.1, 0.15) is 6.07 Å². The van der Waals surface area contributed by atoms with E-state index in [0.717, 1.165) is 121 Å². The smallest absolute Gasteiger partial charge is 0.237 e. The van der Waals surface area contributed by atoms with Crippen LogP contribution < -0.4 is 0 Å². The van der Waals surface area contributed by atoms with E-state index in [1.165, 1.54) is 5.56 Å². The maximum Gasteiger partial charge on any atom is 0.237 e. The quantitative estimate of drug-likeness (QED) is 0.153. The van der Waals surface area contributed by atoms with Crippen LogP contribution in [0.1, 0.15) is 27.8 Å². The average molecular weight is 1030 g/mol. The fraction of sp³-hybridized carbons (Fsp3) is 0.0133. The number of hydrogen-bond acceptors (Lipinski definition) is 1. The molecule has 0 saturated heterocycles. The molecule has 0 amide bonds. The topological polar surface area (TPSA) is 47.9 Å². The van der Waals surface area contributed by atoms with Gasteiger partial charge < -0.3 is 18.3 Å². The van der Waals surface area contributed by atoms with Crippen LogP contribution in [-0.4, -0.2) is 18.3 Å². The standard InChI is InChI=1S/C75H44N6/c1-77-69-71(81-67-43-23-15-35-56(67)58-45-44-57-49-28-8-16-36-60(49)75(68(57)70(58)81,47-24-4-2-5-25-47)48-26-6-3-7-27-48)59(46-76)72(78-61-37-17-9-29-50(61)51-30-10-18-38-62(51)78)74(80-65-41-21-13-33-54(65)55-34-14-22-42-66(55)80)73(69)79-63-39-19-11-31-52(63)53-32-12-20-40-64(53)79/h2-45H. The molecule has 17 rings (SSSR count). The number of benzene rings is 12. The zero-order valence-electron chi connectivity index (χ0n) is 43.6. The maximum absolute atomic E-state index is 12.9. The van der Waals surface area contributed by atoms with Crippen LogP contribution in [-0.2, 0) is 5.41 Å². The van der Waals surface area contributed by atoms with Crippen LogP contribution in [0, 0.1) is 17.9 Å². The average Bonchev–Trinajstić information content (AvgIpc) is 2.63. The van der Waals surface area contributed by atoms with Crippen LogP contribution in [0.15, 0.2) is 267 Å². The maximum atomic E-state index is 12.9. The van der Waals surface area contributed by atoms with Crippen molar-refractivity contribution in [2.45, 2.75) is 5.41 Å². The highest BCUT2D eigenvalue weighted by Gasteiger charge is 2.48. The van der Waals surface area contributed by atoms with E-state index >= 15 is 0 Å². The third kappa shape index (κ3) is 5.82. The van der Waals surface area contributed by atoms with Crippen molar-refractivity contribution in [1.29, 1.82) is 5.26 Å². The molecule has 4 aromatic heterocycles. The monoisotopic (exact) mass is 1030 g/mol. The molecule has 16 aromatic rings. The summed E-state index contributed by atoms with van der Waals surface area (Å²) in [5.41, 5.74) is 16.7. The summed E-state index contributed by atoms with van der Waals surface area (Å²) in [6.07, 6.45) is 0. The summed E-state index contributed by atoms with van der Waals surface area (Å²) >= 11 is 0. The molecule has 6 nitrogen and oxygen atoms in total. The second-order valence-corrected chi connectivity index (χ2v) is 21.2. The summed E-state index contributed by atoms with van der Waals surface area (Å²) in [6.45, 7) is 10.1. The molecular weight excluding hydrogens is 985 g/mol. The lowest BCUT2D eigenvalue weighted by molar-refractivity contribution is 0.771. The Kier molecular flexibility index (Phi) is 9.37. The summed E-state index contributed by atoms with van der Waals surface area (Å²) in [7, 11) is 0. The summed E-state index contributed by atoms with van der Waals surface area (Å²) in [5.74, 6) is 0. The van der Waals surface area contributed by atoms with Crippen LogP contribution in [0.4, 0.5) is 5.69 Å². The molecule has 0 N–H and O–H groups in total. The van der Waals surface area contributed by atoms with Crippen LogP contribution in [0.5, 0.6) is 0 Å². The lowest BCUT2D eigenvalue weighted by Gasteiger charge is -2.35. The first-order valence-electron chi connectivity index (χ1n) is 27.5. The van der Waals surface area contributed by atoms with E-state index < -0.39 is 5.41 Å².